The SMILES string of the molecule is CCOc1ccc(OCC(NC)c2ccccc2)cc1. The second-order valence-corrected chi connectivity index (χ2v) is 4.47. The summed E-state index contributed by atoms with van der Waals surface area (Å²) in [6.07, 6.45) is 0. The number of benzene rings is 2. The van der Waals surface area contributed by atoms with Crippen LogP contribution in [0.1, 0.15) is 18.5 Å². The molecule has 0 fully saturated rings. The fourth-order valence-electron chi connectivity index (χ4n) is 2.01. The molecule has 0 aliphatic carbocycles. The van der Waals surface area contributed by atoms with Crippen molar-refractivity contribution >= 4 is 0 Å². The van der Waals surface area contributed by atoms with E-state index >= 15 is 0 Å². The van der Waals surface area contributed by atoms with Crippen molar-refractivity contribution in [1.82, 2.24) is 5.32 Å². The molecule has 3 heteroatoms. The van der Waals surface area contributed by atoms with Crippen LogP contribution in [-0.2, 0) is 0 Å². The molecule has 0 aliphatic heterocycles. The van der Waals surface area contributed by atoms with E-state index in [1.807, 2.05) is 56.4 Å². The molecule has 1 unspecified atom stereocenters. The smallest absolute Gasteiger partial charge is 0.119 e. The Balaban J connectivity index is 1.93. The van der Waals surface area contributed by atoms with Crippen LogP contribution in [0, 0.1) is 0 Å². The van der Waals surface area contributed by atoms with E-state index in [1.165, 1.54) is 5.56 Å². The molecule has 0 aromatic heterocycles. The zero-order chi connectivity index (χ0) is 14.2. The highest BCUT2D eigenvalue weighted by molar-refractivity contribution is 5.31. The van der Waals surface area contributed by atoms with Gasteiger partial charge in [-0.15, -0.1) is 0 Å². The Morgan fingerprint density at radius 3 is 2.05 bits per heavy atom. The Hall–Kier alpha value is -2.00. The second kappa shape index (κ2) is 7.56. The monoisotopic (exact) mass is 271 g/mol. The van der Waals surface area contributed by atoms with Gasteiger partial charge in [-0.1, -0.05) is 30.3 Å². The lowest BCUT2D eigenvalue weighted by Crippen LogP contribution is -2.23. The van der Waals surface area contributed by atoms with Gasteiger partial charge in [0.2, 0.25) is 0 Å². The van der Waals surface area contributed by atoms with Crippen molar-refractivity contribution in [2.75, 3.05) is 20.3 Å². The van der Waals surface area contributed by atoms with Gasteiger partial charge in [-0.25, -0.2) is 0 Å². The summed E-state index contributed by atoms with van der Waals surface area (Å²) in [7, 11) is 1.94. The molecule has 0 radical (unpaired) electrons. The third-order valence-electron chi connectivity index (χ3n) is 3.10. The minimum atomic E-state index is 0.183. The molecular weight excluding hydrogens is 250 g/mol. The molecule has 0 spiro atoms. The molecule has 3 nitrogen and oxygen atoms in total. The van der Waals surface area contributed by atoms with E-state index in [9.17, 15) is 0 Å². The van der Waals surface area contributed by atoms with Gasteiger partial charge in [0, 0.05) is 0 Å². The van der Waals surface area contributed by atoms with Crippen LogP contribution in [-0.4, -0.2) is 20.3 Å². The molecule has 20 heavy (non-hydrogen) atoms. The molecule has 2 rings (SSSR count). The number of ether oxygens (including phenoxy) is 2. The van der Waals surface area contributed by atoms with Gasteiger partial charge in [0.1, 0.15) is 18.1 Å². The average molecular weight is 271 g/mol. The van der Waals surface area contributed by atoms with Crippen molar-refractivity contribution in [3.8, 4) is 11.5 Å². The minimum absolute atomic E-state index is 0.183. The molecular formula is C17H21NO2. The Labute approximate surface area is 120 Å². The van der Waals surface area contributed by atoms with Gasteiger partial charge in [0.05, 0.1) is 12.6 Å². The molecule has 0 saturated carbocycles. The van der Waals surface area contributed by atoms with Crippen molar-refractivity contribution < 1.29 is 9.47 Å². The van der Waals surface area contributed by atoms with Gasteiger partial charge in [0.25, 0.3) is 0 Å². The fraction of sp³-hybridized carbons (Fsp3) is 0.294. The second-order valence-electron chi connectivity index (χ2n) is 4.47. The number of nitrogens with one attached hydrogen (secondary N) is 1. The zero-order valence-electron chi connectivity index (χ0n) is 12.0. The van der Waals surface area contributed by atoms with Gasteiger partial charge in [-0.05, 0) is 43.8 Å². The van der Waals surface area contributed by atoms with E-state index in [0.29, 0.717) is 13.2 Å². The fourth-order valence-corrected chi connectivity index (χ4v) is 2.01. The van der Waals surface area contributed by atoms with Crippen molar-refractivity contribution in [2.24, 2.45) is 0 Å². The number of rotatable bonds is 7. The van der Waals surface area contributed by atoms with E-state index in [-0.39, 0.29) is 6.04 Å². The van der Waals surface area contributed by atoms with Crippen LogP contribution in [0.2, 0.25) is 0 Å². The van der Waals surface area contributed by atoms with Gasteiger partial charge in [0.15, 0.2) is 0 Å². The van der Waals surface area contributed by atoms with Crippen LogP contribution in [0.5, 0.6) is 11.5 Å². The normalized spacial score (nSPS) is 11.9. The molecule has 106 valence electrons. The molecule has 0 heterocycles. The molecule has 1 N–H and O–H groups in total. The van der Waals surface area contributed by atoms with Crippen LogP contribution in [0.3, 0.4) is 0 Å². The molecule has 2 aromatic rings. The van der Waals surface area contributed by atoms with Crippen LogP contribution in [0.4, 0.5) is 0 Å². The Morgan fingerprint density at radius 2 is 1.50 bits per heavy atom. The maximum absolute atomic E-state index is 5.83. The predicted molar refractivity (Wildman–Crippen MR) is 81.3 cm³/mol. The van der Waals surface area contributed by atoms with E-state index in [2.05, 4.69) is 17.4 Å². The lowest BCUT2D eigenvalue weighted by atomic mass is 10.1. The first-order valence-corrected chi connectivity index (χ1v) is 6.91. The molecule has 0 bridgehead atoms. The molecule has 0 amide bonds. The van der Waals surface area contributed by atoms with Crippen LogP contribution in [0.25, 0.3) is 0 Å². The molecule has 1 atom stereocenters. The third kappa shape index (κ3) is 4.00. The maximum Gasteiger partial charge on any atom is 0.119 e. The molecule has 2 aromatic carbocycles. The van der Waals surface area contributed by atoms with E-state index in [0.717, 1.165) is 11.5 Å². The van der Waals surface area contributed by atoms with Crippen molar-refractivity contribution in [1.29, 1.82) is 0 Å². The van der Waals surface area contributed by atoms with Gasteiger partial charge in [-0.3, -0.25) is 0 Å². The van der Waals surface area contributed by atoms with Gasteiger partial charge >= 0.3 is 0 Å². The summed E-state index contributed by atoms with van der Waals surface area (Å²) < 4.78 is 11.2. The molecule has 0 saturated heterocycles. The first-order valence-electron chi connectivity index (χ1n) is 6.91. The lowest BCUT2D eigenvalue weighted by Gasteiger charge is -2.17. The summed E-state index contributed by atoms with van der Waals surface area (Å²) in [6.45, 7) is 3.24. The first kappa shape index (κ1) is 14.4. The highest BCUT2D eigenvalue weighted by atomic mass is 16.5. The number of hydrogen-bond donors (Lipinski definition) is 1. The summed E-state index contributed by atoms with van der Waals surface area (Å²) in [5.41, 5.74) is 1.22. The van der Waals surface area contributed by atoms with Gasteiger partial charge in [-0.2, -0.15) is 0 Å². The van der Waals surface area contributed by atoms with Crippen LogP contribution >= 0.6 is 0 Å². The quantitative estimate of drug-likeness (QED) is 0.837. The zero-order valence-corrected chi connectivity index (χ0v) is 12.0. The third-order valence-corrected chi connectivity index (χ3v) is 3.10. The van der Waals surface area contributed by atoms with Crippen molar-refractivity contribution in [2.45, 2.75) is 13.0 Å². The highest BCUT2D eigenvalue weighted by Crippen LogP contribution is 2.19. The highest BCUT2D eigenvalue weighted by Gasteiger charge is 2.09. The lowest BCUT2D eigenvalue weighted by molar-refractivity contribution is 0.272. The summed E-state index contributed by atoms with van der Waals surface area (Å²) in [4.78, 5) is 0. The largest absolute Gasteiger partial charge is 0.494 e. The Kier molecular flexibility index (Phi) is 5.44. The topological polar surface area (TPSA) is 30.5 Å². The number of likely N-dealkylation sites (N-methyl/N-ethyl adjacent to an activating group) is 1. The van der Waals surface area contributed by atoms with Crippen LogP contribution in [0.15, 0.2) is 54.6 Å². The Bertz CT molecular complexity index is 496. The summed E-state index contributed by atoms with van der Waals surface area (Å²) in [5.74, 6) is 1.72. The van der Waals surface area contributed by atoms with E-state index in [1.54, 1.807) is 0 Å². The summed E-state index contributed by atoms with van der Waals surface area (Å²) in [6, 6.07) is 18.2. The standard InChI is InChI=1S/C17H21NO2/c1-3-19-15-9-11-16(12-10-15)20-13-17(18-2)14-7-5-4-6-8-14/h4-12,17-18H,3,13H2,1-2H3. The first-order chi connectivity index (χ1) is 9.83. The Morgan fingerprint density at radius 1 is 0.900 bits per heavy atom. The molecule has 0 aliphatic rings. The average Bonchev–Trinajstić information content (AvgIpc) is 2.51. The minimum Gasteiger partial charge on any atom is -0.494 e. The summed E-state index contributed by atoms with van der Waals surface area (Å²) in [5, 5.41) is 3.27. The number of hydrogen-bond acceptors (Lipinski definition) is 3. The van der Waals surface area contributed by atoms with E-state index in [4.69, 9.17) is 9.47 Å². The summed E-state index contributed by atoms with van der Waals surface area (Å²) >= 11 is 0. The van der Waals surface area contributed by atoms with E-state index < -0.39 is 0 Å². The maximum atomic E-state index is 5.83. The van der Waals surface area contributed by atoms with Crippen molar-refractivity contribution in [3.63, 3.8) is 0 Å². The van der Waals surface area contributed by atoms with Crippen molar-refractivity contribution in [3.05, 3.63) is 60.2 Å². The van der Waals surface area contributed by atoms with Crippen LogP contribution < -0.4 is 14.8 Å². The predicted octanol–water partition coefficient (Wildman–Crippen LogP) is 3.42. The van der Waals surface area contributed by atoms with Gasteiger partial charge < -0.3 is 14.8 Å².